The van der Waals surface area contributed by atoms with Crippen LogP contribution in [0.15, 0.2) is 324 Å². The molecular weight excluding hydrogens is 1460 g/mol. The van der Waals surface area contributed by atoms with Crippen LogP contribution in [-0.2, 0) is 0 Å². The van der Waals surface area contributed by atoms with E-state index in [4.69, 9.17) is 8.83 Å². The molecule has 0 amide bonds. The Kier molecular flexibility index (Phi) is 15.0. The number of thiophene rings is 2. The van der Waals surface area contributed by atoms with E-state index in [2.05, 4.69) is 329 Å². The van der Waals surface area contributed by atoms with Gasteiger partial charge in [-0.3, -0.25) is 0 Å². The first-order valence-electron chi connectivity index (χ1n) is 36.2. The number of hydrogen-bond donors (Lipinski definition) is 0. The number of hydrogen-bond acceptors (Lipinski definition) is 4. The Morgan fingerprint density at radius 1 is 0.217 bits per heavy atom. The second-order valence-electron chi connectivity index (χ2n) is 28.0. The predicted octanol–water partition coefficient (Wildman–Crippen LogP) is 29.2. The van der Waals surface area contributed by atoms with Crippen LogP contribution in [0, 0.1) is 27.7 Å². The average Bonchev–Trinajstić information content (AvgIpc) is 1.40. The molecule has 0 bridgehead atoms. The summed E-state index contributed by atoms with van der Waals surface area (Å²) in [6, 6.07) is 117. The van der Waals surface area contributed by atoms with Crippen molar-refractivity contribution in [1.29, 1.82) is 0 Å². The zero-order valence-electron chi connectivity index (χ0n) is 58.5. The Bertz CT molecular complexity index is 6740. The van der Waals surface area contributed by atoms with Crippen LogP contribution in [0.2, 0.25) is 0 Å². The van der Waals surface area contributed by atoms with Gasteiger partial charge in [-0.05, 0) is 0 Å². The van der Waals surface area contributed by atoms with Gasteiger partial charge < -0.3 is 0 Å². The van der Waals surface area contributed by atoms with Crippen LogP contribution in [0.1, 0.15) is 21.3 Å². The van der Waals surface area contributed by atoms with Gasteiger partial charge in [-0.25, -0.2) is 0 Å². The van der Waals surface area contributed by atoms with Gasteiger partial charge in [0.1, 0.15) is 0 Å². The molecule has 106 heavy (non-hydrogen) atoms. The first-order valence-corrected chi connectivity index (χ1v) is 41.2. The maximum atomic E-state index is 6.28. The van der Waals surface area contributed by atoms with E-state index in [-0.39, 0.29) is 29.0 Å². The fourth-order valence-electron chi connectivity index (χ4n) is 17.4. The van der Waals surface area contributed by atoms with E-state index in [1.807, 2.05) is 36.5 Å². The molecular formula is C100H64O2S2Se2. The molecule has 500 valence electrons. The van der Waals surface area contributed by atoms with Gasteiger partial charge in [-0.15, -0.1) is 0 Å². The summed E-state index contributed by atoms with van der Waals surface area (Å²) >= 11 is 4.09. The van der Waals surface area contributed by atoms with E-state index in [1.165, 1.54) is 200 Å². The Morgan fingerprint density at radius 2 is 0.491 bits per heavy atom. The summed E-state index contributed by atoms with van der Waals surface area (Å²) in [4.78, 5) is 5.35. The molecule has 0 fully saturated rings. The van der Waals surface area contributed by atoms with Gasteiger partial charge in [-0.2, -0.15) is 0 Å². The molecule has 6 aromatic heterocycles. The Balaban J connectivity index is 0.000000136. The van der Waals surface area contributed by atoms with Gasteiger partial charge >= 0.3 is 638 Å². The minimum atomic E-state index is 0.143. The molecule has 0 aliphatic carbocycles. The zero-order valence-corrected chi connectivity index (χ0v) is 63.5. The van der Waals surface area contributed by atoms with Crippen molar-refractivity contribution in [1.82, 2.24) is 0 Å². The summed E-state index contributed by atoms with van der Waals surface area (Å²) in [7, 11) is 0. The third-order valence-corrected chi connectivity index (χ3v) is 28.9. The predicted molar refractivity (Wildman–Crippen MR) is 460 cm³/mol. The molecule has 0 atom stereocenters. The molecule has 6 heterocycles. The normalized spacial score (nSPS) is 12.0. The second kappa shape index (κ2) is 25.2. The van der Waals surface area contributed by atoms with Gasteiger partial charge in [0.2, 0.25) is 0 Å². The quantitative estimate of drug-likeness (QED) is 0.112. The number of fused-ring (bicyclic) bond motifs is 14. The molecule has 0 spiro atoms. The molecule has 16 aromatic carbocycles. The van der Waals surface area contributed by atoms with E-state index in [9.17, 15) is 0 Å². The van der Waals surface area contributed by atoms with Crippen LogP contribution in [-0.4, -0.2) is 29.0 Å². The fraction of sp³-hybridized carbons (Fsp3) is 0.0400. The van der Waals surface area contributed by atoms with E-state index in [0.717, 1.165) is 34.2 Å². The SMILES string of the molecule is Cc1ccc(-c2c3ccccc3c(-c3ccc4[se]c5c(-c6c7ccccc7c(-c7ccc(C)o7)c7ccccc67)cccc5c4c3)c3ccccc23)o1.Cc1ccc(-c2c3ccccc3c(-c3ccc4[se]c5c(-c6c7ccccc7c(-c7ccc(C)s7)c7ccccc67)cccc5c4c3)c3ccccc23)s1. The topological polar surface area (TPSA) is 26.3 Å². The molecule has 2 nitrogen and oxygen atoms in total. The molecule has 0 radical (unpaired) electrons. The van der Waals surface area contributed by atoms with Crippen LogP contribution in [0.25, 0.3) is 213 Å². The van der Waals surface area contributed by atoms with Crippen molar-refractivity contribution < 1.29 is 8.83 Å². The number of aryl methyl sites for hydroxylation is 4. The van der Waals surface area contributed by atoms with Crippen molar-refractivity contribution in [2.75, 3.05) is 0 Å². The van der Waals surface area contributed by atoms with Crippen molar-refractivity contribution in [2.24, 2.45) is 0 Å². The van der Waals surface area contributed by atoms with Crippen LogP contribution >= 0.6 is 22.7 Å². The first-order chi connectivity index (χ1) is 52.2. The number of benzene rings is 16. The van der Waals surface area contributed by atoms with Crippen molar-refractivity contribution in [2.45, 2.75) is 27.7 Å². The summed E-state index contributed by atoms with van der Waals surface area (Å²) < 4.78 is 18.4. The molecule has 6 heteroatoms. The van der Waals surface area contributed by atoms with E-state index in [1.54, 1.807) is 0 Å². The summed E-state index contributed by atoms with van der Waals surface area (Å²) in [6.07, 6.45) is 0. The summed E-state index contributed by atoms with van der Waals surface area (Å²) in [6.45, 7) is 8.44. The molecule has 22 rings (SSSR count). The van der Waals surface area contributed by atoms with Crippen LogP contribution in [0.5, 0.6) is 0 Å². The number of furan rings is 2. The van der Waals surface area contributed by atoms with Crippen molar-refractivity contribution >= 4 is 176 Å². The Labute approximate surface area is 632 Å². The Morgan fingerprint density at radius 3 is 0.764 bits per heavy atom. The van der Waals surface area contributed by atoms with E-state index < -0.39 is 0 Å². The Hall–Kier alpha value is -11.4. The average molecular weight is 1520 g/mol. The van der Waals surface area contributed by atoms with Crippen LogP contribution < -0.4 is 0 Å². The summed E-state index contributed by atoms with van der Waals surface area (Å²) in [5.74, 6) is 3.66. The molecule has 0 N–H and O–H groups in total. The minimum absolute atomic E-state index is 0.143. The third kappa shape index (κ3) is 10.0. The van der Waals surface area contributed by atoms with Gasteiger partial charge in [-0.1, -0.05) is 0 Å². The second-order valence-corrected chi connectivity index (χ2v) is 35.0. The summed E-state index contributed by atoms with van der Waals surface area (Å²) in [5.41, 5.74) is 15.5. The van der Waals surface area contributed by atoms with E-state index in [0.29, 0.717) is 0 Å². The van der Waals surface area contributed by atoms with E-state index >= 15 is 0 Å². The number of rotatable bonds is 8. The van der Waals surface area contributed by atoms with Gasteiger partial charge in [0.15, 0.2) is 0 Å². The molecule has 0 aliphatic rings. The maximum absolute atomic E-state index is 6.28. The first kappa shape index (κ1) is 63.1. The molecule has 0 unspecified atom stereocenters. The fourth-order valence-corrected chi connectivity index (χ4v) is 24.3. The summed E-state index contributed by atoms with van der Waals surface area (Å²) in [5, 5.41) is 25.8. The van der Waals surface area contributed by atoms with Crippen LogP contribution in [0.4, 0.5) is 0 Å². The van der Waals surface area contributed by atoms with Gasteiger partial charge in [0.25, 0.3) is 0 Å². The molecule has 0 aliphatic heterocycles. The standard InChI is InChI=1S/C50H32O2Se.C50H32S2Se/c2*1-29-22-25-43(51-29)48-36-16-7-3-12-32(36)46(33-13-4-8-17-37(33)48)31-24-27-45-42(28-31)40-20-11-21-41(50(40)53-45)47-34-14-5-9-18-38(34)49(44-26-23-30(2)52-44)39-19-10-6-15-35(39)47/h2*3-28H,1-2H3. The van der Waals surface area contributed by atoms with Crippen molar-refractivity contribution in [3.05, 3.63) is 337 Å². The van der Waals surface area contributed by atoms with Gasteiger partial charge in [0.05, 0.1) is 0 Å². The third-order valence-electron chi connectivity index (χ3n) is 21.8. The molecule has 0 saturated heterocycles. The molecule has 22 aromatic rings. The monoisotopic (exact) mass is 1520 g/mol. The van der Waals surface area contributed by atoms with Crippen molar-refractivity contribution in [3.8, 4) is 88.0 Å². The van der Waals surface area contributed by atoms with Crippen LogP contribution in [0.3, 0.4) is 0 Å². The zero-order chi connectivity index (χ0) is 70.4. The van der Waals surface area contributed by atoms with Gasteiger partial charge in [0, 0.05) is 0 Å². The molecule has 0 saturated carbocycles. The van der Waals surface area contributed by atoms with Crippen molar-refractivity contribution in [3.63, 3.8) is 0 Å².